The summed E-state index contributed by atoms with van der Waals surface area (Å²) in [6.07, 6.45) is 10.4. The van der Waals surface area contributed by atoms with E-state index in [-0.39, 0.29) is 0 Å². The molecular formula is C18H28O. The number of hydrogen-bond acceptors (Lipinski definition) is 1. The lowest BCUT2D eigenvalue weighted by atomic mass is 9.84. The first-order valence-corrected chi connectivity index (χ1v) is 8.05. The first-order chi connectivity index (χ1) is 9.22. The summed E-state index contributed by atoms with van der Waals surface area (Å²) < 4.78 is 0. The molecule has 0 amide bonds. The highest BCUT2D eigenvalue weighted by Gasteiger charge is 2.18. The zero-order valence-corrected chi connectivity index (χ0v) is 12.5. The van der Waals surface area contributed by atoms with Gasteiger partial charge in [-0.2, -0.15) is 0 Å². The van der Waals surface area contributed by atoms with Gasteiger partial charge in [-0.3, -0.25) is 0 Å². The van der Waals surface area contributed by atoms with Crippen molar-refractivity contribution in [2.24, 2.45) is 0 Å². The Morgan fingerprint density at radius 3 is 2.37 bits per heavy atom. The Hall–Kier alpha value is -0.980. The molecule has 0 heterocycles. The van der Waals surface area contributed by atoms with Crippen LogP contribution in [0.2, 0.25) is 0 Å². The van der Waals surface area contributed by atoms with Gasteiger partial charge in [0.25, 0.3) is 0 Å². The zero-order chi connectivity index (χ0) is 13.7. The second-order valence-electron chi connectivity index (χ2n) is 6.17. The van der Waals surface area contributed by atoms with E-state index in [9.17, 15) is 5.11 Å². The van der Waals surface area contributed by atoms with Gasteiger partial charge in [0.15, 0.2) is 0 Å². The Balaban J connectivity index is 2.20. The van der Waals surface area contributed by atoms with Crippen molar-refractivity contribution in [3.8, 4) is 5.75 Å². The molecular weight excluding hydrogens is 232 g/mol. The van der Waals surface area contributed by atoms with Crippen LogP contribution in [-0.4, -0.2) is 5.11 Å². The molecule has 0 bridgehead atoms. The fraction of sp³-hybridized carbons (Fsp3) is 0.667. The molecule has 0 aromatic heterocycles. The van der Waals surface area contributed by atoms with E-state index in [1.165, 1.54) is 56.1 Å². The molecule has 0 aliphatic heterocycles. The standard InChI is InChI=1S/C18H28O/c1-3-14(2)16-11-12-18(19)17(13-16)15-9-7-5-4-6-8-10-15/h11-15,19H,3-10H2,1-2H3. The van der Waals surface area contributed by atoms with E-state index < -0.39 is 0 Å². The molecule has 0 saturated heterocycles. The maximum atomic E-state index is 10.2. The molecule has 1 unspecified atom stereocenters. The molecule has 0 spiro atoms. The number of aromatic hydroxyl groups is 1. The second-order valence-corrected chi connectivity index (χ2v) is 6.17. The number of rotatable bonds is 3. The molecule has 1 fully saturated rings. The first-order valence-electron chi connectivity index (χ1n) is 8.05. The van der Waals surface area contributed by atoms with Gasteiger partial charge in [0.2, 0.25) is 0 Å². The van der Waals surface area contributed by atoms with Gasteiger partial charge in [-0.15, -0.1) is 0 Å². The highest BCUT2D eigenvalue weighted by atomic mass is 16.3. The van der Waals surface area contributed by atoms with Crippen molar-refractivity contribution in [2.45, 2.75) is 77.0 Å². The summed E-state index contributed by atoms with van der Waals surface area (Å²) in [6.45, 7) is 4.50. The molecule has 19 heavy (non-hydrogen) atoms. The summed E-state index contributed by atoms with van der Waals surface area (Å²) in [7, 11) is 0. The highest BCUT2D eigenvalue weighted by molar-refractivity contribution is 5.40. The van der Waals surface area contributed by atoms with Crippen molar-refractivity contribution in [1.82, 2.24) is 0 Å². The molecule has 1 aliphatic carbocycles. The van der Waals surface area contributed by atoms with E-state index in [1.807, 2.05) is 6.07 Å². The molecule has 1 N–H and O–H groups in total. The van der Waals surface area contributed by atoms with Gasteiger partial charge in [-0.05, 0) is 48.3 Å². The third-order valence-corrected chi connectivity index (χ3v) is 4.78. The molecule has 1 saturated carbocycles. The van der Waals surface area contributed by atoms with E-state index in [2.05, 4.69) is 26.0 Å². The van der Waals surface area contributed by atoms with Crippen LogP contribution in [0, 0.1) is 0 Å². The van der Waals surface area contributed by atoms with Gasteiger partial charge >= 0.3 is 0 Å². The third-order valence-electron chi connectivity index (χ3n) is 4.78. The molecule has 0 radical (unpaired) electrons. The largest absolute Gasteiger partial charge is 0.508 e. The van der Waals surface area contributed by atoms with Crippen LogP contribution in [0.5, 0.6) is 5.75 Å². The van der Waals surface area contributed by atoms with Crippen LogP contribution < -0.4 is 0 Å². The van der Waals surface area contributed by atoms with Gasteiger partial charge in [0.05, 0.1) is 0 Å². The second kappa shape index (κ2) is 6.98. The highest BCUT2D eigenvalue weighted by Crippen LogP contribution is 2.37. The average molecular weight is 260 g/mol. The third kappa shape index (κ3) is 3.75. The van der Waals surface area contributed by atoms with Crippen LogP contribution in [0.25, 0.3) is 0 Å². The summed E-state index contributed by atoms with van der Waals surface area (Å²) in [5.74, 6) is 1.68. The number of benzene rings is 1. The summed E-state index contributed by atoms with van der Waals surface area (Å²) in [4.78, 5) is 0. The fourth-order valence-electron chi connectivity index (χ4n) is 3.21. The lowest BCUT2D eigenvalue weighted by molar-refractivity contribution is 0.423. The number of phenolic OH excluding ortho intramolecular Hbond substituents is 1. The van der Waals surface area contributed by atoms with Gasteiger partial charge < -0.3 is 5.11 Å². The maximum absolute atomic E-state index is 10.2. The minimum atomic E-state index is 0.512. The Kier molecular flexibility index (Phi) is 5.30. The zero-order valence-electron chi connectivity index (χ0n) is 12.5. The van der Waals surface area contributed by atoms with Crippen molar-refractivity contribution in [3.63, 3.8) is 0 Å². The SMILES string of the molecule is CCC(C)c1ccc(O)c(C2CCCCCCC2)c1. The Labute approximate surface area is 118 Å². The van der Waals surface area contributed by atoms with Gasteiger partial charge in [0, 0.05) is 0 Å². The van der Waals surface area contributed by atoms with Crippen molar-refractivity contribution in [3.05, 3.63) is 29.3 Å². The summed E-state index contributed by atoms with van der Waals surface area (Å²) in [5.41, 5.74) is 2.59. The van der Waals surface area contributed by atoms with Crippen molar-refractivity contribution < 1.29 is 5.11 Å². The lowest BCUT2D eigenvalue weighted by Gasteiger charge is -2.22. The van der Waals surface area contributed by atoms with Crippen LogP contribution in [0.4, 0.5) is 0 Å². The average Bonchev–Trinajstić information content (AvgIpc) is 2.39. The predicted molar refractivity (Wildman–Crippen MR) is 81.9 cm³/mol. The Morgan fingerprint density at radius 1 is 1.11 bits per heavy atom. The Bertz CT molecular complexity index is 389. The monoisotopic (exact) mass is 260 g/mol. The van der Waals surface area contributed by atoms with E-state index in [1.54, 1.807) is 0 Å². The minimum Gasteiger partial charge on any atom is -0.508 e. The van der Waals surface area contributed by atoms with E-state index in [0.29, 0.717) is 17.6 Å². The van der Waals surface area contributed by atoms with Crippen molar-refractivity contribution in [1.29, 1.82) is 0 Å². The lowest BCUT2D eigenvalue weighted by Crippen LogP contribution is -2.04. The number of phenols is 1. The molecule has 1 heteroatoms. The van der Waals surface area contributed by atoms with Gasteiger partial charge in [-0.25, -0.2) is 0 Å². The predicted octanol–water partition coefficient (Wildman–Crippen LogP) is 5.73. The topological polar surface area (TPSA) is 20.2 Å². The van der Waals surface area contributed by atoms with Crippen molar-refractivity contribution in [2.75, 3.05) is 0 Å². The molecule has 1 aromatic rings. The smallest absolute Gasteiger partial charge is 0.119 e. The van der Waals surface area contributed by atoms with Gasteiger partial charge in [0.1, 0.15) is 5.75 Å². The quantitative estimate of drug-likeness (QED) is 0.735. The normalized spacial score (nSPS) is 19.7. The van der Waals surface area contributed by atoms with Crippen LogP contribution in [-0.2, 0) is 0 Å². The van der Waals surface area contributed by atoms with Crippen LogP contribution >= 0.6 is 0 Å². The fourth-order valence-corrected chi connectivity index (χ4v) is 3.21. The first kappa shape index (κ1) is 14.4. The van der Waals surface area contributed by atoms with Crippen molar-refractivity contribution >= 4 is 0 Å². The van der Waals surface area contributed by atoms with E-state index in [0.717, 1.165) is 6.42 Å². The molecule has 1 aromatic carbocycles. The van der Waals surface area contributed by atoms with Crippen LogP contribution in [0.3, 0.4) is 0 Å². The summed E-state index contributed by atoms with van der Waals surface area (Å²) in [6, 6.07) is 6.28. The van der Waals surface area contributed by atoms with Gasteiger partial charge in [-0.1, -0.05) is 58.1 Å². The summed E-state index contributed by atoms with van der Waals surface area (Å²) >= 11 is 0. The minimum absolute atomic E-state index is 0.512. The maximum Gasteiger partial charge on any atom is 0.119 e. The number of hydrogen-bond donors (Lipinski definition) is 1. The van der Waals surface area contributed by atoms with Crippen LogP contribution in [0.15, 0.2) is 18.2 Å². The molecule has 1 atom stereocenters. The molecule has 1 nitrogen and oxygen atoms in total. The molecule has 2 rings (SSSR count). The summed E-state index contributed by atoms with van der Waals surface area (Å²) in [5, 5.41) is 10.2. The Morgan fingerprint density at radius 2 is 1.74 bits per heavy atom. The molecule has 1 aliphatic rings. The van der Waals surface area contributed by atoms with E-state index >= 15 is 0 Å². The van der Waals surface area contributed by atoms with E-state index in [4.69, 9.17) is 0 Å². The molecule has 106 valence electrons. The van der Waals surface area contributed by atoms with Crippen LogP contribution in [0.1, 0.15) is 88.2 Å².